The molecule has 1 atom stereocenters. The number of ether oxygens (including phenoxy) is 2. The third-order valence-corrected chi connectivity index (χ3v) is 4.02. The summed E-state index contributed by atoms with van der Waals surface area (Å²) in [6.45, 7) is 3.89. The fourth-order valence-corrected chi connectivity index (χ4v) is 3.05. The van der Waals surface area contributed by atoms with Gasteiger partial charge in [0.05, 0.1) is 20.3 Å². The van der Waals surface area contributed by atoms with Gasteiger partial charge in [0.15, 0.2) is 5.11 Å². The summed E-state index contributed by atoms with van der Waals surface area (Å²) >= 11 is 5.47. The van der Waals surface area contributed by atoms with Gasteiger partial charge in [0.1, 0.15) is 11.5 Å². The van der Waals surface area contributed by atoms with Crippen molar-refractivity contribution < 1.29 is 9.47 Å². The lowest BCUT2D eigenvalue weighted by molar-refractivity contribution is 0.357. The number of likely N-dealkylation sites (tertiary alicyclic amines) is 1. The molecule has 1 aliphatic heterocycles. The van der Waals surface area contributed by atoms with Crippen LogP contribution >= 0.6 is 12.2 Å². The summed E-state index contributed by atoms with van der Waals surface area (Å²) in [6.07, 6.45) is 2.21. The Morgan fingerprint density at radius 1 is 1.40 bits per heavy atom. The zero-order chi connectivity index (χ0) is 14.5. The van der Waals surface area contributed by atoms with Gasteiger partial charge in [-0.1, -0.05) is 0 Å². The van der Waals surface area contributed by atoms with E-state index >= 15 is 0 Å². The zero-order valence-electron chi connectivity index (χ0n) is 12.3. The predicted molar refractivity (Wildman–Crippen MR) is 84.5 cm³/mol. The third kappa shape index (κ3) is 2.98. The van der Waals surface area contributed by atoms with E-state index in [1.807, 2.05) is 12.1 Å². The molecule has 4 nitrogen and oxygen atoms in total. The second-order valence-corrected chi connectivity index (χ2v) is 5.18. The van der Waals surface area contributed by atoms with Crippen molar-refractivity contribution in [3.63, 3.8) is 0 Å². The maximum absolute atomic E-state index is 5.50. The zero-order valence-corrected chi connectivity index (χ0v) is 13.1. The van der Waals surface area contributed by atoms with E-state index in [0.717, 1.165) is 48.1 Å². The lowest BCUT2D eigenvalue weighted by Crippen LogP contribution is -2.39. The first-order chi connectivity index (χ1) is 9.71. The van der Waals surface area contributed by atoms with Crippen molar-refractivity contribution in [1.82, 2.24) is 10.2 Å². The molecule has 2 rings (SSSR count). The Bertz CT molecular complexity index is 479. The molecule has 0 aliphatic carbocycles. The number of methoxy groups -OCH3 is 2. The largest absolute Gasteiger partial charge is 0.497 e. The van der Waals surface area contributed by atoms with Gasteiger partial charge in [-0.15, -0.1) is 0 Å². The van der Waals surface area contributed by atoms with Gasteiger partial charge in [-0.25, -0.2) is 0 Å². The first-order valence-electron chi connectivity index (χ1n) is 6.97. The third-order valence-electron chi connectivity index (χ3n) is 3.64. The molecule has 0 saturated carbocycles. The fraction of sp³-hybridized carbons (Fsp3) is 0.533. The molecule has 0 unspecified atom stereocenters. The number of nitrogens with one attached hydrogen (secondary N) is 1. The number of hydrogen-bond donors (Lipinski definition) is 1. The van der Waals surface area contributed by atoms with E-state index in [0.29, 0.717) is 0 Å². The lowest BCUT2D eigenvalue weighted by Gasteiger charge is -2.29. The average molecular weight is 294 g/mol. The molecule has 5 heteroatoms. The summed E-state index contributed by atoms with van der Waals surface area (Å²) < 4.78 is 10.8. The van der Waals surface area contributed by atoms with Crippen LogP contribution in [0.2, 0.25) is 0 Å². The van der Waals surface area contributed by atoms with Gasteiger partial charge in [-0.3, -0.25) is 0 Å². The molecule has 1 heterocycles. The Labute approximate surface area is 126 Å². The molecule has 0 aromatic heterocycles. The highest BCUT2D eigenvalue weighted by Crippen LogP contribution is 2.38. The van der Waals surface area contributed by atoms with Crippen LogP contribution in [0, 0.1) is 0 Å². The van der Waals surface area contributed by atoms with Gasteiger partial charge in [-0.2, -0.15) is 0 Å². The monoisotopic (exact) mass is 294 g/mol. The van der Waals surface area contributed by atoms with Crippen molar-refractivity contribution in [3.05, 3.63) is 23.8 Å². The van der Waals surface area contributed by atoms with E-state index in [2.05, 4.69) is 23.2 Å². The molecule has 110 valence electrons. The maximum Gasteiger partial charge on any atom is 0.169 e. The highest BCUT2D eigenvalue weighted by molar-refractivity contribution is 7.80. The molecule has 0 amide bonds. The van der Waals surface area contributed by atoms with Crippen molar-refractivity contribution in [2.75, 3.05) is 27.3 Å². The van der Waals surface area contributed by atoms with E-state index in [4.69, 9.17) is 21.7 Å². The number of hydrogen-bond acceptors (Lipinski definition) is 3. The van der Waals surface area contributed by atoms with Crippen molar-refractivity contribution in [2.45, 2.75) is 25.8 Å². The van der Waals surface area contributed by atoms with Crippen molar-refractivity contribution >= 4 is 17.3 Å². The molecule has 1 saturated heterocycles. The highest BCUT2D eigenvalue weighted by Gasteiger charge is 2.30. The minimum Gasteiger partial charge on any atom is -0.497 e. The summed E-state index contributed by atoms with van der Waals surface area (Å²) in [7, 11) is 3.38. The molecule has 1 aliphatic rings. The highest BCUT2D eigenvalue weighted by atomic mass is 32.1. The molecular weight excluding hydrogens is 272 g/mol. The molecular formula is C15H22N2O2S. The second-order valence-electron chi connectivity index (χ2n) is 4.79. The summed E-state index contributed by atoms with van der Waals surface area (Å²) in [6, 6.07) is 6.19. The quantitative estimate of drug-likeness (QED) is 0.864. The molecule has 20 heavy (non-hydrogen) atoms. The van der Waals surface area contributed by atoms with Crippen LogP contribution in [0.25, 0.3) is 0 Å². The van der Waals surface area contributed by atoms with E-state index in [9.17, 15) is 0 Å². The fourth-order valence-electron chi connectivity index (χ4n) is 2.69. The van der Waals surface area contributed by atoms with Crippen LogP contribution in [-0.2, 0) is 0 Å². The molecule has 1 aromatic rings. The summed E-state index contributed by atoms with van der Waals surface area (Å²) in [5, 5.41) is 4.06. The first kappa shape index (κ1) is 14.9. The Balaban J connectivity index is 2.31. The van der Waals surface area contributed by atoms with Gasteiger partial charge in [-0.05, 0) is 50.2 Å². The standard InChI is InChI=1S/C15H22N2O2S/c1-4-16-15(20)17-9-5-6-13(17)12-10-11(18-2)7-8-14(12)19-3/h7-8,10,13H,4-6,9H2,1-3H3,(H,16,20)/t13-/m0/s1. The maximum atomic E-state index is 5.50. The number of benzene rings is 1. The van der Waals surface area contributed by atoms with Crippen LogP contribution in [0.15, 0.2) is 18.2 Å². The summed E-state index contributed by atoms with van der Waals surface area (Å²) in [5.41, 5.74) is 1.14. The minimum absolute atomic E-state index is 0.256. The van der Waals surface area contributed by atoms with E-state index in [-0.39, 0.29) is 6.04 Å². The Morgan fingerprint density at radius 2 is 2.20 bits per heavy atom. The smallest absolute Gasteiger partial charge is 0.169 e. The van der Waals surface area contributed by atoms with Gasteiger partial charge < -0.3 is 19.7 Å². The van der Waals surface area contributed by atoms with Gasteiger partial charge in [0.25, 0.3) is 0 Å². The van der Waals surface area contributed by atoms with Crippen LogP contribution in [-0.4, -0.2) is 37.3 Å². The van der Waals surface area contributed by atoms with Crippen LogP contribution in [0.4, 0.5) is 0 Å². The summed E-state index contributed by atoms with van der Waals surface area (Å²) in [4.78, 5) is 2.25. The summed E-state index contributed by atoms with van der Waals surface area (Å²) in [5.74, 6) is 1.74. The molecule has 1 aromatic carbocycles. The number of thiocarbonyl (C=S) groups is 1. The molecule has 1 fully saturated rings. The average Bonchev–Trinajstić information content (AvgIpc) is 2.96. The lowest BCUT2D eigenvalue weighted by atomic mass is 10.0. The molecule has 0 bridgehead atoms. The van der Waals surface area contributed by atoms with Crippen LogP contribution in [0.3, 0.4) is 0 Å². The van der Waals surface area contributed by atoms with Crippen molar-refractivity contribution in [2.24, 2.45) is 0 Å². The van der Waals surface area contributed by atoms with Crippen LogP contribution in [0.1, 0.15) is 31.4 Å². The second kappa shape index (κ2) is 6.79. The van der Waals surface area contributed by atoms with Gasteiger partial charge in [0.2, 0.25) is 0 Å². The predicted octanol–water partition coefficient (Wildman–Crippen LogP) is 2.74. The molecule has 1 N–H and O–H groups in total. The first-order valence-corrected chi connectivity index (χ1v) is 7.38. The molecule has 0 spiro atoms. The number of nitrogens with zero attached hydrogens (tertiary/aromatic N) is 1. The molecule has 0 radical (unpaired) electrons. The SMILES string of the molecule is CCNC(=S)N1CCC[C@H]1c1cc(OC)ccc1OC. The van der Waals surface area contributed by atoms with E-state index < -0.39 is 0 Å². The van der Waals surface area contributed by atoms with Gasteiger partial charge >= 0.3 is 0 Å². The van der Waals surface area contributed by atoms with Crippen molar-refractivity contribution in [3.8, 4) is 11.5 Å². The van der Waals surface area contributed by atoms with Crippen molar-refractivity contribution in [1.29, 1.82) is 0 Å². The van der Waals surface area contributed by atoms with Gasteiger partial charge in [0, 0.05) is 18.7 Å². The Morgan fingerprint density at radius 3 is 2.85 bits per heavy atom. The topological polar surface area (TPSA) is 33.7 Å². The van der Waals surface area contributed by atoms with E-state index in [1.165, 1.54) is 0 Å². The normalized spacial score (nSPS) is 17.9. The Kier molecular flexibility index (Phi) is 5.06. The number of rotatable bonds is 4. The van der Waals surface area contributed by atoms with Crippen LogP contribution < -0.4 is 14.8 Å². The van der Waals surface area contributed by atoms with E-state index in [1.54, 1.807) is 14.2 Å². The Hall–Kier alpha value is -1.49. The van der Waals surface area contributed by atoms with Crippen LogP contribution in [0.5, 0.6) is 11.5 Å². The minimum atomic E-state index is 0.256.